The second kappa shape index (κ2) is 14.8. The van der Waals surface area contributed by atoms with E-state index >= 15 is 0 Å². The Labute approximate surface area is 329 Å². The van der Waals surface area contributed by atoms with Crippen LogP contribution >= 0.6 is 0 Å². The maximum Gasteiger partial charge on any atom is 0.407 e. The van der Waals surface area contributed by atoms with Crippen LogP contribution in [0.5, 0.6) is 11.5 Å². The third-order valence-corrected chi connectivity index (χ3v) is 12.0. The lowest BCUT2D eigenvalue weighted by molar-refractivity contribution is -0.570. The fourth-order valence-corrected chi connectivity index (χ4v) is 8.76. The summed E-state index contributed by atoms with van der Waals surface area (Å²) in [6.45, 7) is 6.25. The average Bonchev–Trinajstić information content (AvgIpc) is 3.75. The molecular formula is C42H47N8O7+. The van der Waals surface area contributed by atoms with Crippen LogP contribution in [0, 0.1) is 11.8 Å². The van der Waals surface area contributed by atoms with Crippen molar-refractivity contribution in [3.63, 3.8) is 0 Å². The zero-order chi connectivity index (χ0) is 39.4. The number of H-pyrrole nitrogens is 2. The normalized spacial score (nSPS) is 20.9. The molecule has 0 bridgehead atoms. The number of nitrogens with one attached hydrogen (secondary N) is 4. The summed E-state index contributed by atoms with van der Waals surface area (Å²) in [5.74, 6) is 3.88. The molecule has 4 N–H and O–H groups in total. The SMILES string of the molecule is COC(=O)NCC(=O)N1CCCC1c1ncc(-c2ccc3c(c2)OCC2=C3COc3cc(-c4cnc(C5CC6CC6=[N+]5CC(NC(=O)OC)C(C)C)[nH]4)ccc32)[nH]1. The van der Waals surface area contributed by atoms with E-state index in [9.17, 15) is 14.4 Å². The van der Waals surface area contributed by atoms with Gasteiger partial charge in [-0.15, -0.1) is 0 Å². The largest absolute Gasteiger partial charge is 0.488 e. The molecule has 4 unspecified atom stereocenters. The summed E-state index contributed by atoms with van der Waals surface area (Å²) in [5.41, 5.74) is 9.35. The van der Waals surface area contributed by atoms with Gasteiger partial charge >= 0.3 is 12.2 Å². The molecule has 57 heavy (non-hydrogen) atoms. The third-order valence-electron chi connectivity index (χ3n) is 12.0. The first-order chi connectivity index (χ1) is 27.7. The number of imidazole rings is 2. The van der Waals surface area contributed by atoms with Crippen molar-refractivity contribution in [2.24, 2.45) is 11.8 Å². The van der Waals surface area contributed by atoms with Crippen LogP contribution in [0.15, 0.2) is 48.8 Å². The Balaban J connectivity index is 0.898. The van der Waals surface area contributed by atoms with Gasteiger partial charge in [0.2, 0.25) is 11.9 Å². The molecule has 1 aliphatic carbocycles. The Morgan fingerprint density at radius 2 is 1.54 bits per heavy atom. The molecule has 2 aromatic carbocycles. The summed E-state index contributed by atoms with van der Waals surface area (Å²) in [5, 5.41) is 5.49. The lowest BCUT2D eigenvalue weighted by Crippen LogP contribution is -2.45. The number of aromatic nitrogens is 4. The number of aromatic amines is 2. The fraction of sp³-hybridized carbons (Fsp3) is 0.429. The second-order valence-corrected chi connectivity index (χ2v) is 15.7. The molecule has 5 aliphatic rings. The number of likely N-dealkylation sites (tertiary alicyclic amines) is 1. The molecule has 4 aliphatic heterocycles. The lowest BCUT2D eigenvalue weighted by Gasteiger charge is -2.30. The number of hydrogen-bond acceptors (Lipinski definition) is 9. The average molecular weight is 776 g/mol. The fourth-order valence-electron chi connectivity index (χ4n) is 8.76. The van der Waals surface area contributed by atoms with Crippen molar-refractivity contribution in [3.8, 4) is 34.0 Å². The molecule has 0 radical (unpaired) electrons. The minimum Gasteiger partial charge on any atom is -0.488 e. The van der Waals surface area contributed by atoms with Crippen LogP contribution < -0.4 is 20.1 Å². The molecule has 2 fully saturated rings. The van der Waals surface area contributed by atoms with Crippen LogP contribution in [0.1, 0.15) is 74.4 Å². The van der Waals surface area contributed by atoms with Gasteiger partial charge < -0.3 is 44.4 Å². The topological polar surface area (TPSA) is 176 Å². The maximum atomic E-state index is 12.9. The minimum atomic E-state index is -0.637. The Kier molecular flexibility index (Phi) is 9.45. The van der Waals surface area contributed by atoms with E-state index in [0.717, 1.165) is 87.8 Å². The second-order valence-electron chi connectivity index (χ2n) is 15.7. The van der Waals surface area contributed by atoms with Crippen molar-refractivity contribution < 1.29 is 37.9 Å². The number of hydrogen-bond donors (Lipinski definition) is 4. The number of alkyl carbamates (subject to hydrolysis) is 2. The van der Waals surface area contributed by atoms with Gasteiger partial charge in [0.05, 0.1) is 56.0 Å². The number of carbonyl (C=O) groups is 3. The van der Waals surface area contributed by atoms with Gasteiger partial charge in [-0.2, -0.15) is 0 Å². The number of fused-ring (bicyclic) bond motifs is 5. The van der Waals surface area contributed by atoms with E-state index in [1.165, 1.54) is 19.9 Å². The van der Waals surface area contributed by atoms with E-state index in [1.807, 2.05) is 18.3 Å². The highest BCUT2D eigenvalue weighted by Crippen LogP contribution is 2.47. The summed E-state index contributed by atoms with van der Waals surface area (Å²) in [7, 11) is 2.67. The number of nitrogens with zero attached hydrogens (tertiary/aromatic N) is 4. The zero-order valence-corrected chi connectivity index (χ0v) is 32.5. The first-order valence-electron chi connectivity index (χ1n) is 19.6. The molecule has 1 saturated heterocycles. The van der Waals surface area contributed by atoms with Gasteiger partial charge in [0.25, 0.3) is 0 Å². The van der Waals surface area contributed by atoms with E-state index in [1.54, 1.807) is 11.1 Å². The molecule has 6 heterocycles. The number of rotatable bonds is 10. The minimum absolute atomic E-state index is 0.0426. The van der Waals surface area contributed by atoms with Crippen LogP contribution in [0.4, 0.5) is 9.59 Å². The first-order valence-corrected chi connectivity index (χ1v) is 19.6. The highest BCUT2D eigenvalue weighted by molar-refractivity contribution is 5.99. The summed E-state index contributed by atoms with van der Waals surface area (Å²) in [6, 6.07) is 12.3. The van der Waals surface area contributed by atoms with E-state index in [4.69, 9.17) is 19.2 Å². The molecule has 0 spiro atoms. The Hall–Kier alpha value is -6.12. The van der Waals surface area contributed by atoms with E-state index in [0.29, 0.717) is 38.0 Å². The Bertz CT molecular complexity index is 2320. The molecule has 2 aromatic heterocycles. The van der Waals surface area contributed by atoms with Crippen molar-refractivity contribution in [3.05, 3.63) is 71.6 Å². The maximum absolute atomic E-state index is 12.9. The Morgan fingerprint density at radius 1 is 0.912 bits per heavy atom. The molecule has 15 nitrogen and oxygen atoms in total. The van der Waals surface area contributed by atoms with Crippen LogP contribution in [0.25, 0.3) is 33.7 Å². The van der Waals surface area contributed by atoms with Gasteiger partial charge in [0.15, 0.2) is 18.1 Å². The van der Waals surface area contributed by atoms with E-state index in [2.05, 4.69) is 73.0 Å². The van der Waals surface area contributed by atoms with Gasteiger partial charge in [-0.05, 0) is 30.9 Å². The molecule has 3 amide bonds. The van der Waals surface area contributed by atoms with Crippen LogP contribution in [-0.2, 0) is 14.3 Å². The number of amides is 3. The molecule has 4 aromatic rings. The van der Waals surface area contributed by atoms with E-state index in [-0.39, 0.29) is 36.5 Å². The van der Waals surface area contributed by atoms with Crippen LogP contribution in [-0.4, -0.2) is 106 Å². The van der Waals surface area contributed by atoms with Gasteiger partial charge in [-0.25, -0.2) is 24.1 Å². The molecule has 4 atom stereocenters. The van der Waals surface area contributed by atoms with Crippen molar-refractivity contribution in [2.75, 3.05) is 47.1 Å². The monoisotopic (exact) mass is 775 g/mol. The standard InChI is InChI=1S/C42H46N8O7/c1-22(2)32(48-42(53)55-4)19-50-34-12-25(34)13-35(50)40-44-17-31(47-40)24-8-10-27-29-20-56-36-14-23(7-9-26(36)28(29)21-57-37(27)15-24)30-16-43-39(46-30)33-6-5-11-49(33)38(51)18-45-41(52)54-3/h7-10,14-17,22,25,32-33,35H,5-6,11-13,18-21H2,1-4H3,(H3-,43,44,45,46,47,48,52,53)/p+1. The molecule has 9 rings (SSSR count). The molecular weight excluding hydrogens is 729 g/mol. The molecule has 15 heteroatoms. The van der Waals surface area contributed by atoms with Crippen molar-refractivity contribution in [1.29, 1.82) is 0 Å². The van der Waals surface area contributed by atoms with Gasteiger partial charge in [-0.3, -0.25) is 4.79 Å². The van der Waals surface area contributed by atoms with Crippen LogP contribution in [0.3, 0.4) is 0 Å². The quantitative estimate of drug-likeness (QED) is 0.152. The number of methoxy groups -OCH3 is 2. The predicted octanol–water partition coefficient (Wildman–Crippen LogP) is 5.48. The number of benzene rings is 2. The van der Waals surface area contributed by atoms with Gasteiger partial charge in [-0.1, -0.05) is 38.1 Å². The van der Waals surface area contributed by atoms with Gasteiger partial charge in [0, 0.05) is 52.8 Å². The number of ether oxygens (including phenoxy) is 4. The predicted molar refractivity (Wildman–Crippen MR) is 210 cm³/mol. The molecule has 1 saturated carbocycles. The summed E-state index contributed by atoms with van der Waals surface area (Å²) >= 11 is 0. The highest BCUT2D eigenvalue weighted by atomic mass is 16.5. The van der Waals surface area contributed by atoms with Crippen LogP contribution in [0.2, 0.25) is 0 Å². The number of carbonyl (C=O) groups excluding carboxylic acids is 3. The smallest absolute Gasteiger partial charge is 0.407 e. The first kappa shape index (κ1) is 36.5. The van der Waals surface area contributed by atoms with Crippen molar-refractivity contribution in [2.45, 2.75) is 57.7 Å². The third kappa shape index (κ3) is 6.88. The molecule has 296 valence electrons. The van der Waals surface area contributed by atoms with E-state index < -0.39 is 12.2 Å². The van der Waals surface area contributed by atoms with Gasteiger partial charge in [0.1, 0.15) is 37.1 Å². The lowest BCUT2D eigenvalue weighted by atomic mass is 9.89. The van der Waals surface area contributed by atoms with Crippen molar-refractivity contribution in [1.82, 2.24) is 35.5 Å². The zero-order valence-electron chi connectivity index (χ0n) is 32.5. The summed E-state index contributed by atoms with van der Waals surface area (Å²) in [4.78, 5) is 54.7. The summed E-state index contributed by atoms with van der Waals surface area (Å²) in [6.07, 6.45) is 6.40. The summed E-state index contributed by atoms with van der Waals surface area (Å²) < 4.78 is 24.7. The van der Waals surface area contributed by atoms with Crippen molar-refractivity contribution >= 4 is 35.0 Å². The Morgan fingerprint density at radius 3 is 2.18 bits per heavy atom. The highest BCUT2D eigenvalue weighted by Gasteiger charge is 2.54.